The van der Waals surface area contributed by atoms with Crippen LogP contribution in [0, 0.1) is 11.3 Å². The molecule has 2 nitrogen and oxygen atoms in total. The summed E-state index contributed by atoms with van der Waals surface area (Å²) in [7, 11) is 0. The van der Waals surface area contributed by atoms with Gasteiger partial charge in [-0.3, -0.25) is 5.32 Å². The van der Waals surface area contributed by atoms with Gasteiger partial charge in [0, 0.05) is 12.5 Å². The van der Waals surface area contributed by atoms with Crippen LogP contribution in [0.4, 0.5) is 0 Å². The molecule has 0 radical (unpaired) electrons. The fourth-order valence-electron chi connectivity index (χ4n) is 1.39. The van der Waals surface area contributed by atoms with Gasteiger partial charge in [0.1, 0.15) is 0 Å². The van der Waals surface area contributed by atoms with Crippen molar-refractivity contribution < 1.29 is 0 Å². The molecule has 0 spiro atoms. The zero-order valence-corrected chi connectivity index (χ0v) is 8.70. The van der Waals surface area contributed by atoms with E-state index in [9.17, 15) is 0 Å². The maximum absolute atomic E-state index is 8.92. The Morgan fingerprint density at radius 2 is 1.93 bits per heavy atom. The maximum atomic E-state index is 8.92. The minimum atomic E-state index is -0.0857. The lowest BCUT2D eigenvalue weighted by atomic mass is 10.1. The molecular formula is C12H16N2. The van der Waals surface area contributed by atoms with Gasteiger partial charge in [-0.25, -0.2) is 0 Å². The molecule has 0 bridgehead atoms. The molecule has 0 amide bonds. The summed E-state index contributed by atoms with van der Waals surface area (Å²) in [5.74, 6) is 0. The highest BCUT2D eigenvalue weighted by molar-refractivity contribution is 5.17. The van der Waals surface area contributed by atoms with Gasteiger partial charge in [0.05, 0.1) is 12.1 Å². The molecule has 1 atom stereocenters. The first-order chi connectivity index (χ1) is 6.72. The first-order valence-electron chi connectivity index (χ1n) is 4.92. The largest absolute Gasteiger partial charge is 0.299 e. The molecule has 0 aromatic heterocycles. The number of hydrogen-bond acceptors (Lipinski definition) is 2. The summed E-state index contributed by atoms with van der Waals surface area (Å²) in [5, 5.41) is 12.1. The van der Waals surface area contributed by atoms with Crippen LogP contribution in [-0.2, 0) is 6.42 Å². The van der Waals surface area contributed by atoms with E-state index >= 15 is 0 Å². The summed E-state index contributed by atoms with van der Waals surface area (Å²) >= 11 is 0. The first kappa shape index (κ1) is 10.7. The number of benzene rings is 1. The molecule has 2 heteroatoms. The number of nitrogens with one attached hydrogen (secondary N) is 1. The van der Waals surface area contributed by atoms with Crippen LogP contribution < -0.4 is 5.32 Å². The Labute approximate surface area is 85.6 Å². The van der Waals surface area contributed by atoms with Gasteiger partial charge in [-0.2, -0.15) is 5.26 Å². The van der Waals surface area contributed by atoms with Gasteiger partial charge in [0.15, 0.2) is 0 Å². The fraction of sp³-hybridized carbons (Fsp3) is 0.417. The highest BCUT2D eigenvalue weighted by Crippen LogP contribution is 2.03. The zero-order valence-electron chi connectivity index (χ0n) is 8.70. The monoisotopic (exact) mass is 188 g/mol. The van der Waals surface area contributed by atoms with E-state index < -0.39 is 0 Å². The van der Waals surface area contributed by atoms with Crippen LogP contribution in [0.5, 0.6) is 0 Å². The van der Waals surface area contributed by atoms with Crippen LogP contribution in [0.15, 0.2) is 30.3 Å². The van der Waals surface area contributed by atoms with Gasteiger partial charge >= 0.3 is 0 Å². The van der Waals surface area contributed by atoms with Crippen LogP contribution in [0.25, 0.3) is 0 Å². The third-order valence-corrected chi connectivity index (χ3v) is 1.97. The van der Waals surface area contributed by atoms with Gasteiger partial charge in [-0.1, -0.05) is 30.3 Å². The predicted octanol–water partition coefficient (Wildman–Crippen LogP) is 2.12. The Bertz CT molecular complexity index is 298. The molecule has 0 aliphatic heterocycles. The first-order valence-corrected chi connectivity index (χ1v) is 4.92. The molecular weight excluding hydrogens is 172 g/mol. The lowest BCUT2D eigenvalue weighted by molar-refractivity contribution is 0.528. The molecule has 0 fully saturated rings. The minimum absolute atomic E-state index is 0.0857. The second-order valence-electron chi connectivity index (χ2n) is 3.69. The van der Waals surface area contributed by atoms with E-state index in [1.165, 1.54) is 5.56 Å². The van der Waals surface area contributed by atoms with Crippen LogP contribution in [0.2, 0.25) is 0 Å². The van der Waals surface area contributed by atoms with Crippen molar-refractivity contribution in [2.75, 3.05) is 0 Å². The van der Waals surface area contributed by atoms with Crippen molar-refractivity contribution in [3.05, 3.63) is 35.9 Å². The average Bonchev–Trinajstić information content (AvgIpc) is 2.17. The number of nitriles is 1. The van der Waals surface area contributed by atoms with E-state index in [4.69, 9.17) is 5.26 Å². The van der Waals surface area contributed by atoms with E-state index in [1.54, 1.807) is 0 Å². The SMILES string of the molecule is CC(C)NC(C#N)Cc1ccccc1. The molecule has 0 saturated heterocycles. The molecule has 74 valence electrons. The molecule has 1 N–H and O–H groups in total. The number of hydrogen-bond donors (Lipinski definition) is 1. The Balaban J connectivity index is 2.54. The Morgan fingerprint density at radius 3 is 2.43 bits per heavy atom. The average molecular weight is 188 g/mol. The molecule has 0 heterocycles. The number of rotatable bonds is 4. The van der Waals surface area contributed by atoms with E-state index in [-0.39, 0.29) is 6.04 Å². The molecule has 0 aliphatic carbocycles. The number of nitrogens with zero attached hydrogens (tertiary/aromatic N) is 1. The van der Waals surface area contributed by atoms with Crippen LogP contribution in [-0.4, -0.2) is 12.1 Å². The Hall–Kier alpha value is -1.33. The molecule has 0 saturated carbocycles. The van der Waals surface area contributed by atoms with Crippen LogP contribution >= 0.6 is 0 Å². The Kier molecular flexibility index (Phi) is 4.15. The highest BCUT2D eigenvalue weighted by atomic mass is 14.9. The molecule has 1 aromatic carbocycles. The highest BCUT2D eigenvalue weighted by Gasteiger charge is 2.08. The van der Waals surface area contributed by atoms with Crippen molar-refractivity contribution in [3.63, 3.8) is 0 Å². The molecule has 0 aliphatic rings. The van der Waals surface area contributed by atoms with E-state index in [1.807, 2.05) is 30.3 Å². The van der Waals surface area contributed by atoms with Gasteiger partial charge < -0.3 is 0 Å². The van der Waals surface area contributed by atoms with Crippen LogP contribution in [0.1, 0.15) is 19.4 Å². The smallest absolute Gasteiger partial charge is 0.0995 e. The summed E-state index contributed by atoms with van der Waals surface area (Å²) in [4.78, 5) is 0. The van der Waals surface area contributed by atoms with Gasteiger partial charge in [0.2, 0.25) is 0 Å². The van der Waals surface area contributed by atoms with Crippen molar-refractivity contribution in [1.82, 2.24) is 5.32 Å². The summed E-state index contributed by atoms with van der Waals surface area (Å²) in [6, 6.07) is 12.6. The topological polar surface area (TPSA) is 35.8 Å². The standard InChI is InChI=1S/C12H16N2/c1-10(2)14-12(9-13)8-11-6-4-3-5-7-11/h3-7,10,12,14H,8H2,1-2H3. The third kappa shape index (κ3) is 3.59. The lowest BCUT2D eigenvalue weighted by Crippen LogP contribution is -2.35. The van der Waals surface area contributed by atoms with E-state index in [2.05, 4.69) is 25.2 Å². The van der Waals surface area contributed by atoms with Crippen molar-refractivity contribution in [2.45, 2.75) is 32.4 Å². The molecule has 1 aromatic rings. The molecule has 14 heavy (non-hydrogen) atoms. The van der Waals surface area contributed by atoms with Crippen LogP contribution in [0.3, 0.4) is 0 Å². The maximum Gasteiger partial charge on any atom is 0.0995 e. The summed E-state index contributed by atoms with van der Waals surface area (Å²) in [6.45, 7) is 4.10. The van der Waals surface area contributed by atoms with Gasteiger partial charge in [-0.15, -0.1) is 0 Å². The van der Waals surface area contributed by atoms with Crippen molar-refractivity contribution in [3.8, 4) is 6.07 Å². The molecule has 1 unspecified atom stereocenters. The van der Waals surface area contributed by atoms with E-state index in [0.29, 0.717) is 6.04 Å². The Morgan fingerprint density at radius 1 is 1.29 bits per heavy atom. The summed E-state index contributed by atoms with van der Waals surface area (Å²) < 4.78 is 0. The lowest BCUT2D eigenvalue weighted by Gasteiger charge is -2.14. The summed E-state index contributed by atoms with van der Waals surface area (Å²) in [5.41, 5.74) is 1.20. The predicted molar refractivity (Wildman–Crippen MR) is 57.8 cm³/mol. The fourth-order valence-corrected chi connectivity index (χ4v) is 1.39. The second kappa shape index (κ2) is 5.41. The van der Waals surface area contributed by atoms with E-state index in [0.717, 1.165) is 6.42 Å². The van der Waals surface area contributed by atoms with Gasteiger partial charge in [-0.05, 0) is 19.4 Å². The van der Waals surface area contributed by atoms with Crippen molar-refractivity contribution in [1.29, 1.82) is 5.26 Å². The zero-order chi connectivity index (χ0) is 10.4. The van der Waals surface area contributed by atoms with Gasteiger partial charge in [0.25, 0.3) is 0 Å². The van der Waals surface area contributed by atoms with Crippen molar-refractivity contribution in [2.24, 2.45) is 0 Å². The summed E-state index contributed by atoms with van der Waals surface area (Å²) in [6.07, 6.45) is 0.773. The second-order valence-corrected chi connectivity index (χ2v) is 3.69. The minimum Gasteiger partial charge on any atom is -0.299 e. The van der Waals surface area contributed by atoms with Crippen molar-refractivity contribution >= 4 is 0 Å². The normalized spacial score (nSPS) is 12.4. The molecule has 1 rings (SSSR count). The quantitative estimate of drug-likeness (QED) is 0.785. The third-order valence-electron chi connectivity index (χ3n) is 1.97.